The van der Waals surface area contributed by atoms with Gasteiger partial charge in [0.15, 0.2) is 0 Å². The molecular weight excluding hydrogens is 318 g/mol. The van der Waals surface area contributed by atoms with Crippen LogP contribution in [-0.4, -0.2) is 34.6 Å². The summed E-state index contributed by atoms with van der Waals surface area (Å²) in [5.74, 6) is 1.10. The van der Waals surface area contributed by atoms with E-state index >= 15 is 0 Å². The van der Waals surface area contributed by atoms with Gasteiger partial charge in [-0.3, -0.25) is 9.78 Å². The minimum Gasteiger partial charge on any atom is -0.493 e. The van der Waals surface area contributed by atoms with Crippen molar-refractivity contribution in [2.75, 3.05) is 6.61 Å². The molecule has 0 bridgehead atoms. The fourth-order valence-electron chi connectivity index (χ4n) is 3.04. The first-order chi connectivity index (χ1) is 12.3. The number of carbonyl (C=O) groups is 1. The molecule has 6 heteroatoms. The summed E-state index contributed by atoms with van der Waals surface area (Å²) in [6.45, 7) is 2.45. The van der Waals surface area contributed by atoms with Crippen molar-refractivity contribution in [1.29, 1.82) is 0 Å². The zero-order valence-corrected chi connectivity index (χ0v) is 14.4. The molecule has 1 fully saturated rings. The standard InChI is InChI=1S/C19H23N3O3/c1-2-24-17-6-4-3-5-16(17)19(23)22-14-7-9-15(10-8-14)25-18-13-20-11-12-21-18/h3-6,11-15H,2,7-10H2,1H3,(H,22,23). The second kappa shape index (κ2) is 8.46. The number of para-hydroxylation sites is 1. The Morgan fingerprint density at radius 2 is 2.00 bits per heavy atom. The number of nitrogens with one attached hydrogen (secondary N) is 1. The van der Waals surface area contributed by atoms with Crippen LogP contribution in [0, 0.1) is 0 Å². The molecule has 1 saturated carbocycles. The molecule has 1 aromatic heterocycles. The van der Waals surface area contributed by atoms with Crippen LogP contribution in [0.4, 0.5) is 0 Å². The summed E-state index contributed by atoms with van der Waals surface area (Å²) in [4.78, 5) is 20.7. The molecule has 0 unspecified atom stereocenters. The van der Waals surface area contributed by atoms with Gasteiger partial charge in [0.25, 0.3) is 5.91 Å². The second-order valence-corrected chi connectivity index (χ2v) is 6.04. The molecule has 2 aromatic rings. The van der Waals surface area contributed by atoms with Gasteiger partial charge in [0.05, 0.1) is 18.4 Å². The third-order valence-electron chi connectivity index (χ3n) is 4.27. The highest BCUT2D eigenvalue weighted by Gasteiger charge is 2.25. The molecule has 1 aliphatic carbocycles. The van der Waals surface area contributed by atoms with Gasteiger partial charge >= 0.3 is 0 Å². The first-order valence-corrected chi connectivity index (χ1v) is 8.71. The van der Waals surface area contributed by atoms with Crippen LogP contribution in [0.25, 0.3) is 0 Å². The van der Waals surface area contributed by atoms with Gasteiger partial charge in [-0.1, -0.05) is 12.1 Å². The van der Waals surface area contributed by atoms with E-state index in [0.717, 1.165) is 25.7 Å². The van der Waals surface area contributed by atoms with Gasteiger partial charge in [0.2, 0.25) is 5.88 Å². The van der Waals surface area contributed by atoms with E-state index in [1.807, 2.05) is 25.1 Å². The third kappa shape index (κ3) is 4.68. The molecule has 3 rings (SSSR count). The van der Waals surface area contributed by atoms with Crippen LogP contribution in [0.3, 0.4) is 0 Å². The maximum absolute atomic E-state index is 12.5. The van der Waals surface area contributed by atoms with Crippen LogP contribution in [-0.2, 0) is 0 Å². The maximum Gasteiger partial charge on any atom is 0.255 e. The maximum atomic E-state index is 12.5. The largest absolute Gasteiger partial charge is 0.493 e. The van der Waals surface area contributed by atoms with Crippen molar-refractivity contribution in [1.82, 2.24) is 15.3 Å². The van der Waals surface area contributed by atoms with Crippen molar-refractivity contribution < 1.29 is 14.3 Å². The molecule has 0 saturated heterocycles. The summed E-state index contributed by atoms with van der Waals surface area (Å²) in [5.41, 5.74) is 0.585. The lowest BCUT2D eigenvalue weighted by atomic mass is 9.92. The zero-order chi connectivity index (χ0) is 17.5. The monoisotopic (exact) mass is 341 g/mol. The van der Waals surface area contributed by atoms with Crippen molar-refractivity contribution in [2.24, 2.45) is 0 Å². The normalized spacial score (nSPS) is 19.9. The van der Waals surface area contributed by atoms with E-state index in [2.05, 4.69) is 15.3 Å². The fourth-order valence-corrected chi connectivity index (χ4v) is 3.04. The number of rotatable bonds is 6. The smallest absolute Gasteiger partial charge is 0.255 e. The van der Waals surface area contributed by atoms with Gasteiger partial charge in [-0.25, -0.2) is 4.98 Å². The zero-order valence-electron chi connectivity index (χ0n) is 14.4. The van der Waals surface area contributed by atoms with E-state index in [1.54, 1.807) is 24.7 Å². The lowest BCUT2D eigenvalue weighted by Crippen LogP contribution is -2.39. The van der Waals surface area contributed by atoms with Crippen LogP contribution < -0.4 is 14.8 Å². The number of aromatic nitrogens is 2. The Bertz CT molecular complexity index is 685. The number of nitrogens with zero attached hydrogens (tertiary/aromatic N) is 2. The van der Waals surface area contributed by atoms with Crippen LogP contribution in [0.15, 0.2) is 42.9 Å². The number of amides is 1. The summed E-state index contributed by atoms with van der Waals surface area (Å²) in [6.07, 6.45) is 8.53. The SMILES string of the molecule is CCOc1ccccc1C(=O)NC1CCC(Oc2cnccn2)CC1. The summed E-state index contributed by atoms with van der Waals surface area (Å²) in [7, 11) is 0. The summed E-state index contributed by atoms with van der Waals surface area (Å²) >= 11 is 0. The minimum atomic E-state index is -0.0812. The molecule has 1 heterocycles. The van der Waals surface area contributed by atoms with E-state index in [-0.39, 0.29) is 18.1 Å². The van der Waals surface area contributed by atoms with Crippen molar-refractivity contribution >= 4 is 5.91 Å². The molecule has 1 N–H and O–H groups in total. The van der Waals surface area contributed by atoms with E-state index in [1.165, 1.54) is 0 Å². The number of hydrogen-bond acceptors (Lipinski definition) is 5. The van der Waals surface area contributed by atoms with Gasteiger partial charge in [0, 0.05) is 18.4 Å². The molecule has 0 radical (unpaired) electrons. The predicted octanol–water partition coefficient (Wildman–Crippen LogP) is 3.00. The average Bonchev–Trinajstić information content (AvgIpc) is 2.65. The summed E-state index contributed by atoms with van der Waals surface area (Å²) in [5, 5.41) is 3.12. The van der Waals surface area contributed by atoms with Gasteiger partial charge in [-0.15, -0.1) is 0 Å². The van der Waals surface area contributed by atoms with Gasteiger partial charge in [0.1, 0.15) is 11.9 Å². The quantitative estimate of drug-likeness (QED) is 0.874. The van der Waals surface area contributed by atoms with E-state index in [9.17, 15) is 4.79 Å². The summed E-state index contributed by atoms with van der Waals surface area (Å²) in [6, 6.07) is 7.50. The van der Waals surface area contributed by atoms with E-state index in [0.29, 0.717) is 23.8 Å². The third-order valence-corrected chi connectivity index (χ3v) is 4.27. The second-order valence-electron chi connectivity index (χ2n) is 6.04. The first kappa shape index (κ1) is 17.2. The lowest BCUT2D eigenvalue weighted by molar-refractivity contribution is 0.0886. The molecule has 0 atom stereocenters. The minimum absolute atomic E-state index is 0.0812. The molecular formula is C19H23N3O3. The van der Waals surface area contributed by atoms with Gasteiger partial charge in [-0.05, 0) is 44.7 Å². The van der Waals surface area contributed by atoms with Crippen LogP contribution in [0.2, 0.25) is 0 Å². The molecule has 0 spiro atoms. The molecule has 1 amide bonds. The molecule has 0 aliphatic heterocycles. The van der Waals surface area contributed by atoms with Crippen molar-refractivity contribution in [3.05, 3.63) is 48.4 Å². The van der Waals surface area contributed by atoms with E-state index < -0.39 is 0 Å². The highest BCUT2D eigenvalue weighted by molar-refractivity contribution is 5.97. The van der Waals surface area contributed by atoms with Crippen LogP contribution in [0.1, 0.15) is 43.0 Å². The predicted molar refractivity (Wildman–Crippen MR) is 93.8 cm³/mol. The number of benzene rings is 1. The first-order valence-electron chi connectivity index (χ1n) is 8.71. The van der Waals surface area contributed by atoms with Crippen LogP contribution >= 0.6 is 0 Å². The Balaban J connectivity index is 1.51. The fraction of sp³-hybridized carbons (Fsp3) is 0.421. The highest BCUT2D eigenvalue weighted by atomic mass is 16.5. The number of hydrogen-bond donors (Lipinski definition) is 1. The molecule has 1 aliphatic rings. The summed E-state index contributed by atoms with van der Waals surface area (Å²) < 4.78 is 11.4. The Kier molecular flexibility index (Phi) is 5.82. The van der Waals surface area contributed by atoms with Crippen molar-refractivity contribution in [3.8, 4) is 11.6 Å². The highest BCUT2D eigenvalue weighted by Crippen LogP contribution is 2.24. The number of ether oxygens (including phenoxy) is 2. The van der Waals surface area contributed by atoms with E-state index in [4.69, 9.17) is 9.47 Å². The topological polar surface area (TPSA) is 73.3 Å². The number of carbonyl (C=O) groups excluding carboxylic acids is 1. The Labute approximate surface area is 147 Å². The Morgan fingerprint density at radius 3 is 2.72 bits per heavy atom. The molecule has 132 valence electrons. The van der Waals surface area contributed by atoms with Crippen LogP contribution in [0.5, 0.6) is 11.6 Å². The van der Waals surface area contributed by atoms with Crippen molar-refractivity contribution in [2.45, 2.75) is 44.8 Å². The molecule has 6 nitrogen and oxygen atoms in total. The molecule has 1 aromatic carbocycles. The van der Waals surface area contributed by atoms with Gasteiger partial charge < -0.3 is 14.8 Å². The molecule has 25 heavy (non-hydrogen) atoms. The van der Waals surface area contributed by atoms with Crippen molar-refractivity contribution in [3.63, 3.8) is 0 Å². The Hall–Kier alpha value is -2.63. The Morgan fingerprint density at radius 1 is 1.20 bits per heavy atom. The average molecular weight is 341 g/mol. The van der Waals surface area contributed by atoms with Gasteiger partial charge in [-0.2, -0.15) is 0 Å². The lowest BCUT2D eigenvalue weighted by Gasteiger charge is -2.29.